The molecule has 0 bridgehead atoms. The number of carbonyl (C=O) groups is 2. The van der Waals surface area contributed by atoms with E-state index in [0.717, 1.165) is 4.90 Å². The Kier molecular flexibility index (Phi) is 7.35. The number of hydrogen-bond acceptors (Lipinski definition) is 5. The number of benzene rings is 1. The molecule has 1 aromatic carbocycles. The number of esters is 1. The standard InChI is InChI=1S/C19H29NO4S/c1-18(2,3)13-8-10-14(11-9-13)25-15(16(21)23-7)12-20-17(22)24-19(4,5)6/h8-11,15H,12H2,1-7H3,(H,20,22). The van der Waals surface area contributed by atoms with E-state index >= 15 is 0 Å². The van der Waals surface area contributed by atoms with Crippen molar-refractivity contribution in [1.82, 2.24) is 5.32 Å². The van der Waals surface area contributed by atoms with Crippen LogP contribution in [0.3, 0.4) is 0 Å². The van der Waals surface area contributed by atoms with E-state index in [1.807, 2.05) is 12.1 Å². The average Bonchev–Trinajstić information content (AvgIpc) is 2.48. The fraction of sp³-hybridized carbons (Fsp3) is 0.579. The molecule has 0 aliphatic rings. The summed E-state index contributed by atoms with van der Waals surface area (Å²) in [6.07, 6.45) is -0.551. The van der Waals surface area contributed by atoms with Gasteiger partial charge in [0.05, 0.1) is 7.11 Å². The summed E-state index contributed by atoms with van der Waals surface area (Å²) < 4.78 is 10.0. The van der Waals surface area contributed by atoms with Gasteiger partial charge < -0.3 is 14.8 Å². The Morgan fingerprint density at radius 2 is 1.64 bits per heavy atom. The summed E-state index contributed by atoms with van der Waals surface area (Å²) in [4.78, 5) is 24.7. The predicted molar refractivity (Wildman–Crippen MR) is 101 cm³/mol. The molecule has 0 saturated carbocycles. The molecule has 5 nitrogen and oxygen atoms in total. The van der Waals surface area contributed by atoms with Crippen LogP contribution in [0.25, 0.3) is 0 Å². The van der Waals surface area contributed by atoms with Crippen molar-refractivity contribution in [3.8, 4) is 0 Å². The summed E-state index contributed by atoms with van der Waals surface area (Å²) in [5.74, 6) is -0.388. The van der Waals surface area contributed by atoms with Crippen molar-refractivity contribution < 1.29 is 19.1 Å². The van der Waals surface area contributed by atoms with Crippen molar-refractivity contribution >= 4 is 23.8 Å². The van der Waals surface area contributed by atoms with Gasteiger partial charge in [-0.1, -0.05) is 32.9 Å². The zero-order chi connectivity index (χ0) is 19.3. The van der Waals surface area contributed by atoms with Gasteiger partial charge in [0.1, 0.15) is 10.9 Å². The van der Waals surface area contributed by atoms with Gasteiger partial charge in [0.25, 0.3) is 0 Å². The van der Waals surface area contributed by atoms with Gasteiger partial charge in [-0.15, -0.1) is 11.8 Å². The Balaban J connectivity index is 2.73. The van der Waals surface area contributed by atoms with Crippen LogP contribution in [0.15, 0.2) is 29.2 Å². The second-order valence-corrected chi connectivity index (χ2v) is 9.06. The van der Waals surface area contributed by atoms with E-state index in [-0.39, 0.29) is 17.9 Å². The maximum Gasteiger partial charge on any atom is 0.407 e. The van der Waals surface area contributed by atoms with Crippen LogP contribution in [-0.2, 0) is 19.7 Å². The first-order chi connectivity index (χ1) is 11.4. The quantitative estimate of drug-likeness (QED) is 0.626. The van der Waals surface area contributed by atoms with E-state index in [1.54, 1.807) is 20.8 Å². The lowest BCUT2D eigenvalue weighted by atomic mass is 9.87. The molecule has 25 heavy (non-hydrogen) atoms. The molecule has 1 rings (SSSR count). The third kappa shape index (κ3) is 7.82. The molecule has 0 fully saturated rings. The molecule has 0 aromatic heterocycles. The first-order valence-electron chi connectivity index (χ1n) is 8.24. The SMILES string of the molecule is COC(=O)C(CNC(=O)OC(C)(C)C)Sc1ccc(C(C)(C)C)cc1. The minimum absolute atomic E-state index is 0.0726. The first-order valence-corrected chi connectivity index (χ1v) is 9.12. The molecule has 1 amide bonds. The zero-order valence-corrected chi connectivity index (χ0v) is 17.0. The van der Waals surface area contributed by atoms with Gasteiger partial charge in [-0.25, -0.2) is 4.79 Å². The van der Waals surface area contributed by atoms with E-state index < -0.39 is 16.9 Å². The number of amides is 1. The van der Waals surface area contributed by atoms with Gasteiger partial charge in [0, 0.05) is 11.4 Å². The normalized spacial score (nSPS) is 13.1. The minimum Gasteiger partial charge on any atom is -0.468 e. The zero-order valence-electron chi connectivity index (χ0n) is 16.1. The van der Waals surface area contributed by atoms with E-state index in [2.05, 4.69) is 38.2 Å². The fourth-order valence-electron chi connectivity index (χ4n) is 1.99. The van der Waals surface area contributed by atoms with Crippen molar-refractivity contribution in [1.29, 1.82) is 0 Å². The van der Waals surface area contributed by atoms with Crippen LogP contribution in [0.2, 0.25) is 0 Å². The highest BCUT2D eigenvalue weighted by atomic mass is 32.2. The highest BCUT2D eigenvalue weighted by molar-refractivity contribution is 8.00. The van der Waals surface area contributed by atoms with E-state index in [9.17, 15) is 9.59 Å². The monoisotopic (exact) mass is 367 g/mol. The van der Waals surface area contributed by atoms with Crippen LogP contribution in [0.5, 0.6) is 0 Å². The summed E-state index contributed by atoms with van der Waals surface area (Å²) in [6, 6.07) is 8.07. The van der Waals surface area contributed by atoms with Crippen LogP contribution in [-0.4, -0.2) is 36.6 Å². The molecule has 140 valence electrons. The molecule has 0 saturated heterocycles. The Labute approximate surface area is 154 Å². The molecule has 1 unspecified atom stereocenters. The van der Waals surface area contributed by atoms with Crippen molar-refractivity contribution in [2.75, 3.05) is 13.7 Å². The van der Waals surface area contributed by atoms with Crippen LogP contribution in [0, 0.1) is 0 Å². The number of hydrogen-bond donors (Lipinski definition) is 1. The summed E-state index contributed by atoms with van der Waals surface area (Å²) in [6.45, 7) is 11.9. The molecular weight excluding hydrogens is 338 g/mol. The van der Waals surface area contributed by atoms with E-state index in [4.69, 9.17) is 9.47 Å². The summed E-state index contributed by atoms with van der Waals surface area (Å²) in [7, 11) is 1.34. The Morgan fingerprint density at radius 1 is 1.08 bits per heavy atom. The number of methoxy groups -OCH3 is 1. The molecule has 1 atom stereocenters. The Hall–Kier alpha value is -1.69. The van der Waals surface area contributed by atoms with Gasteiger partial charge in [-0.2, -0.15) is 0 Å². The Morgan fingerprint density at radius 3 is 2.08 bits per heavy atom. The maximum absolute atomic E-state index is 12.0. The third-order valence-electron chi connectivity index (χ3n) is 3.29. The second kappa shape index (κ2) is 8.61. The smallest absolute Gasteiger partial charge is 0.407 e. The van der Waals surface area contributed by atoms with Crippen LogP contribution in [0.1, 0.15) is 47.1 Å². The number of thioether (sulfide) groups is 1. The number of rotatable bonds is 5. The molecule has 0 radical (unpaired) electrons. The van der Waals surface area contributed by atoms with Gasteiger partial charge >= 0.3 is 12.1 Å². The lowest BCUT2D eigenvalue weighted by Gasteiger charge is -2.21. The number of ether oxygens (including phenoxy) is 2. The number of alkyl carbamates (subject to hydrolysis) is 1. The number of carbonyl (C=O) groups excluding carboxylic acids is 2. The molecule has 0 heterocycles. The molecule has 0 aliphatic heterocycles. The highest BCUT2D eigenvalue weighted by Crippen LogP contribution is 2.28. The fourth-order valence-corrected chi connectivity index (χ4v) is 2.97. The van der Waals surface area contributed by atoms with Crippen LogP contribution in [0.4, 0.5) is 4.79 Å². The summed E-state index contributed by atoms with van der Waals surface area (Å²) in [5, 5.41) is 2.08. The van der Waals surface area contributed by atoms with Gasteiger partial charge in [-0.05, 0) is 43.9 Å². The van der Waals surface area contributed by atoms with Crippen LogP contribution < -0.4 is 5.32 Å². The second-order valence-electron chi connectivity index (χ2n) is 7.79. The largest absolute Gasteiger partial charge is 0.468 e. The molecule has 1 N–H and O–H groups in total. The molecular formula is C19H29NO4S. The van der Waals surface area contributed by atoms with E-state index in [0.29, 0.717) is 0 Å². The van der Waals surface area contributed by atoms with Crippen molar-refractivity contribution in [3.05, 3.63) is 29.8 Å². The number of nitrogens with one attached hydrogen (secondary N) is 1. The average molecular weight is 368 g/mol. The van der Waals surface area contributed by atoms with Gasteiger partial charge in [0.2, 0.25) is 0 Å². The van der Waals surface area contributed by atoms with Crippen molar-refractivity contribution in [2.45, 2.75) is 62.7 Å². The lowest BCUT2D eigenvalue weighted by molar-refractivity contribution is -0.139. The minimum atomic E-state index is -0.583. The third-order valence-corrected chi connectivity index (χ3v) is 4.48. The Bertz CT molecular complexity index is 585. The lowest BCUT2D eigenvalue weighted by Crippen LogP contribution is -2.38. The molecule has 0 aliphatic carbocycles. The highest BCUT2D eigenvalue weighted by Gasteiger charge is 2.24. The topological polar surface area (TPSA) is 64.6 Å². The molecule has 1 aromatic rings. The molecule has 0 spiro atoms. The van der Waals surface area contributed by atoms with Crippen molar-refractivity contribution in [3.63, 3.8) is 0 Å². The van der Waals surface area contributed by atoms with E-state index in [1.165, 1.54) is 24.4 Å². The van der Waals surface area contributed by atoms with Crippen molar-refractivity contribution in [2.24, 2.45) is 0 Å². The molecule has 6 heteroatoms. The predicted octanol–water partition coefficient (Wildman–Crippen LogP) is 4.14. The van der Waals surface area contributed by atoms with Crippen LogP contribution >= 0.6 is 11.8 Å². The summed E-state index contributed by atoms with van der Waals surface area (Å²) >= 11 is 1.36. The maximum atomic E-state index is 12.0. The first kappa shape index (κ1) is 21.4. The summed E-state index contributed by atoms with van der Waals surface area (Å²) in [5.41, 5.74) is 0.711. The van der Waals surface area contributed by atoms with Gasteiger partial charge in [-0.3, -0.25) is 4.79 Å². The van der Waals surface area contributed by atoms with Gasteiger partial charge in [0.15, 0.2) is 0 Å².